The highest BCUT2D eigenvalue weighted by atomic mass is 32.2. The minimum atomic E-state index is 0.00399. The molecule has 0 unspecified atom stereocenters. The van der Waals surface area contributed by atoms with Gasteiger partial charge in [-0.15, -0.1) is 16.9 Å². The summed E-state index contributed by atoms with van der Waals surface area (Å²) in [4.78, 5) is 12.0. The van der Waals surface area contributed by atoms with Crippen LogP contribution in [0.2, 0.25) is 0 Å². The Bertz CT molecular complexity index is 817. The Hall–Kier alpha value is -2.67. The van der Waals surface area contributed by atoms with E-state index in [0.29, 0.717) is 18.1 Å². The van der Waals surface area contributed by atoms with Crippen LogP contribution < -0.4 is 5.32 Å². The Morgan fingerprint density at radius 2 is 1.88 bits per heavy atom. The van der Waals surface area contributed by atoms with Crippen molar-refractivity contribution in [1.29, 1.82) is 0 Å². The molecule has 0 aliphatic rings. The smallest absolute Gasteiger partial charge is 0.230 e. The molecule has 0 saturated heterocycles. The van der Waals surface area contributed by atoms with Crippen LogP contribution in [0, 0.1) is 6.92 Å². The van der Waals surface area contributed by atoms with Crippen molar-refractivity contribution in [2.24, 2.45) is 0 Å². The fraction of sp³-hybridized carbons (Fsp3) is 0.222. The third-order valence-corrected chi connectivity index (χ3v) is 4.54. The zero-order valence-electron chi connectivity index (χ0n) is 13.9. The van der Waals surface area contributed by atoms with Gasteiger partial charge in [0, 0.05) is 6.54 Å². The lowest BCUT2D eigenvalue weighted by atomic mass is 10.1. The molecule has 0 fully saturated rings. The van der Waals surface area contributed by atoms with Crippen molar-refractivity contribution in [2.45, 2.75) is 19.2 Å². The van der Waals surface area contributed by atoms with Crippen LogP contribution in [-0.2, 0) is 17.1 Å². The quantitative estimate of drug-likeness (QED) is 0.707. The molecule has 7 heteroatoms. The van der Waals surface area contributed by atoms with E-state index < -0.39 is 0 Å². The first-order valence-electron chi connectivity index (χ1n) is 7.95. The lowest BCUT2D eigenvalue weighted by Crippen LogP contribution is -2.24. The summed E-state index contributed by atoms with van der Waals surface area (Å²) in [6.07, 6.45) is 0. The van der Waals surface area contributed by atoms with E-state index in [4.69, 9.17) is 0 Å². The van der Waals surface area contributed by atoms with E-state index >= 15 is 0 Å². The van der Waals surface area contributed by atoms with E-state index in [1.807, 2.05) is 61.5 Å². The van der Waals surface area contributed by atoms with E-state index in [1.54, 1.807) is 4.68 Å². The molecule has 1 N–H and O–H groups in total. The minimum absolute atomic E-state index is 0.00399. The van der Waals surface area contributed by atoms with Gasteiger partial charge >= 0.3 is 0 Å². The molecule has 1 aromatic heterocycles. The number of benzene rings is 2. The molecule has 0 aliphatic carbocycles. The van der Waals surface area contributed by atoms with Crippen molar-refractivity contribution in [1.82, 2.24) is 25.5 Å². The highest BCUT2D eigenvalue weighted by Crippen LogP contribution is 2.13. The van der Waals surface area contributed by atoms with Crippen LogP contribution in [0.5, 0.6) is 0 Å². The highest BCUT2D eigenvalue weighted by Gasteiger charge is 2.09. The summed E-state index contributed by atoms with van der Waals surface area (Å²) in [7, 11) is 0. The average molecular weight is 353 g/mol. The first-order chi connectivity index (χ1) is 12.2. The summed E-state index contributed by atoms with van der Waals surface area (Å²) >= 11 is 1.49. The summed E-state index contributed by atoms with van der Waals surface area (Å²) in [5, 5.41) is 14.7. The van der Waals surface area contributed by atoms with E-state index in [9.17, 15) is 4.79 Å². The Morgan fingerprint density at radius 3 is 2.64 bits per heavy atom. The number of thioether (sulfide) groups is 1. The molecule has 1 heterocycles. The predicted molar refractivity (Wildman–Crippen MR) is 98.3 cm³/mol. The van der Waals surface area contributed by atoms with Crippen LogP contribution in [0.25, 0.3) is 5.69 Å². The summed E-state index contributed by atoms with van der Waals surface area (Å²) in [5.74, 6) is 1.67. The highest BCUT2D eigenvalue weighted by molar-refractivity contribution is 7.99. The van der Waals surface area contributed by atoms with E-state index in [1.165, 1.54) is 17.3 Å². The molecule has 3 rings (SSSR count). The van der Waals surface area contributed by atoms with Crippen molar-refractivity contribution < 1.29 is 4.79 Å². The van der Waals surface area contributed by atoms with Gasteiger partial charge in [-0.2, -0.15) is 4.68 Å². The van der Waals surface area contributed by atoms with Crippen molar-refractivity contribution in [3.8, 4) is 5.69 Å². The Morgan fingerprint density at radius 1 is 1.12 bits per heavy atom. The first kappa shape index (κ1) is 17.2. The fourth-order valence-electron chi connectivity index (χ4n) is 2.26. The van der Waals surface area contributed by atoms with Gasteiger partial charge in [0.05, 0.1) is 17.2 Å². The van der Waals surface area contributed by atoms with Gasteiger partial charge in [0.15, 0.2) is 5.82 Å². The van der Waals surface area contributed by atoms with Gasteiger partial charge in [0.2, 0.25) is 5.91 Å². The van der Waals surface area contributed by atoms with Crippen LogP contribution >= 0.6 is 11.8 Å². The van der Waals surface area contributed by atoms with Crippen LogP contribution in [0.1, 0.15) is 17.0 Å². The maximum absolute atomic E-state index is 12.0. The van der Waals surface area contributed by atoms with Gasteiger partial charge in [0.1, 0.15) is 0 Å². The molecular formula is C18H19N5OS. The number of aromatic nitrogens is 4. The van der Waals surface area contributed by atoms with Crippen molar-refractivity contribution >= 4 is 17.7 Å². The van der Waals surface area contributed by atoms with Gasteiger partial charge in [-0.25, -0.2) is 0 Å². The van der Waals surface area contributed by atoms with Gasteiger partial charge < -0.3 is 5.32 Å². The first-order valence-corrected chi connectivity index (χ1v) is 9.10. The standard InChI is InChI=1S/C18H19N5OS/c1-14-7-9-15(10-8-14)11-19-18(24)13-25-12-17-20-21-22-23(17)16-5-3-2-4-6-16/h2-10H,11-13H2,1H3,(H,19,24). The van der Waals surface area contributed by atoms with Gasteiger partial charge in [0.25, 0.3) is 0 Å². The zero-order valence-corrected chi connectivity index (χ0v) is 14.7. The van der Waals surface area contributed by atoms with Crippen molar-refractivity contribution in [3.05, 3.63) is 71.5 Å². The minimum Gasteiger partial charge on any atom is -0.351 e. The predicted octanol–water partition coefficient (Wildman–Crippen LogP) is 2.52. The van der Waals surface area contributed by atoms with Gasteiger partial charge in [-0.05, 0) is 35.0 Å². The molecule has 25 heavy (non-hydrogen) atoms. The second kappa shape index (κ2) is 8.43. The number of amides is 1. The molecule has 6 nitrogen and oxygen atoms in total. The number of nitrogens with one attached hydrogen (secondary N) is 1. The molecule has 2 aromatic carbocycles. The number of tetrazole rings is 1. The molecule has 0 radical (unpaired) electrons. The van der Waals surface area contributed by atoms with Crippen LogP contribution in [0.3, 0.4) is 0 Å². The molecule has 0 bridgehead atoms. The Labute approximate surface area is 150 Å². The van der Waals surface area contributed by atoms with Crippen molar-refractivity contribution in [2.75, 3.05) is 5.75 Å². The third-order valence-electron chi connectivity index (χ3n) is 3.61. The molecule has 0 saturated carbocycles. The maximum atomic E-state index is 12.0. The number of nitrogens with zero attached hydrogens (tertiary/aromatic N) is 4. The van der Waals surface area contributed by atoms with E-state index in [-0.39, 0.29) is 5.91 Å². The number of hydrogen-bond donors (Lipinski definition) is 1. The SMILES string of the molecule is Cc1ccc(CNC(=O)CSCc2nnnn2-c2ccccc2)cc1. The molecule has 128 valence electrons. The van der Waals surface area contributed by atoms with Crippen molar-refractivity contribution in [3.63, 3.8) is 0 Å². The van der Waals surface area contributed by atoms with Crippen LogP contribution in [-0.4, -0.2) is 31.9 Å². The Kier molecular flexibility index (Phi) is 5.79. The summed E-state index contributed by atoms with van der Waals surface area (Å²) in [6.45, 7) is 2.59. The molecule has 3 aromatic rings. The molecular weight excluding hydrogens is 334 g/mol. The van der Waals surface area contributed by atoms with Gasteiger partial charge in [-0.3, -0.25) is 4.79 Å². The largest absolute Gasteiger partial charge is 0.351 e. The number of carbonyl (C=O) groups is 1. The molecule has 0 atom stereocenters. The average Bonchev–Trinajstić information content (AvgIpc) is 3.10. The second-order valence-electron chi connectivity index (χ2n) is 5.60. The second-order valence-corrected chi connectivity index (χ2v) is 6.58. The van der Waals surface area contributed by atoms with Crippen LogP contribution in [0.4, 0.5) is 0 Å². The normalized spacial score (nSPS) is 10.6. The van der Waals surface area contributed by atoms with E-state index in [0.717, 1.165) is 17.1 Å². The molecule has 1 amide bonds. The lowest BCUT2D eigenvalue weighted by molar-refractivity contribution is -0.118. The number of carbonyl (C=O) groups excluding carboxylic acids is 1. The summed E-state index contributed by atoms with van der Waals surface area (Å²) in [6, 6.07) is 17.8. The summed E-state index contributed by atoms with van der Waals surface area (Å²) < 4.78 is 1.69. The number of aryl methyl sites for hydroxylation is 1. The lowest BCUT2D eigenvalue weighted by Gasteiger charge is -2.06. The number of para-hydroxylation sites is 1. The zero-order chi connectivity index (χ0) is 17.5. The van der Waals surface area contributed by atoms with E-state index in [2.05, 4.69) is 20.8 Å². The number of hydrogen-bond acceptors (Lipinski definition) is 5. The van der Waals surface area contributed by atoms with Gasteiger partial charge in [-0.1, -0.05) is 48.0 Å². The Balaban J connectivity index is 1.46. The molecule has 0 aliphatic heterocycles. The third kappa shape index (κ3) is 4.90. The number of rotatable bonds is 7. The summed E-state index contributed by atoms with van der Waals surface area (Å²) in [5.41, 5.74) is 3.21. The van der Waals surface area contributed by atoms with Crippen LogP contribution in [0.15, 0.2) is 54.6 Å². The monoisotopic (exact) mass is 353 g/mol. The maximum Gasteiger partial charge on any atom is 0.230 e. The molecule has 0 spiro atoms. The fourth-order valence-corrected chi connectivity index (χ4v) is 3.01. The topological polar surface area (TPSA) is 72.7 Å².